The van der Waals surface area contributed by atoms with Crippen LogP contribution < -0.4 is 10.7 Å². The summed E-state index contributed by atoms with van der Waals surface area (Å²) >= 11 is 0. The van der Waals surface area contributed by atoms with Crippen LogP contribution in [-0.2, 0) is 13.1 Å². The van der Waals surface area contributed by atoms with E-state index in [2.05, 4.69) is 12.2 Å². The number of amides is 2. The Labute approximate surface area is 194 Å². The van der Waals surface area contributed by atoms with Crippen molar-refractivity contribution in [2.45, 2.75) is 58.5 Å². The van der Waals surface area contributed by atoms with Gasteiger partial charge < -0.3 is 25.0 Å². The summed E-state index contributed by atoms with van der Waals surface area (Å²) in [5, 5.41) is 23.7. The van der Waals surface area contributed by atoms with E-state index in [4.69, 9.17) is 0 Å². The predicted octanol–water partition coefficient (Wildman–Crippen LogP) is 2.36. The van der Waals surface area contributed by atoms with Gasteiger partial charge in [-0.15, -0.1) is 0 Å². The van der Waals surface area contributed by atoms with Crippen LogP contribution in [0.15, 0.2) is 29.2 Å². The molecule has 182 valence electrons. The lowest BCUT2D eigenvalue weighted by atomic mass is 10.0. The maximum atomic E-state index is 13.8. The number of pyridine rings is 1. The minimum absolute atomic E-state index is 0.00865. The number of aliphatic hydroxyl groups is 1. The highest BCUT2D eigenvalue weighted by Crippen LogP contribution is 2.47. The largest absolute Gasteiger partial charge is 0.503 e. The van der Waals surface area contributed by atoms with Crippen LogP contribution >= 0.6 is 0 Å². The Balaban J connectivity index is 1.60. The van der Waals surface area contributed by atoms with Crippen molar-refractivity contribution in [3.05, 3.63) is 63.1 Å². The van der Waals surface area contributed by atoms with Gasteiger partial charge in [0.1, 0.15) is 23.4 Å². The van der Waals surface area contributed by atoms with Crippen molar-refractivity contribution in [3.8, 4) is 5.75 Å². The fourth-order valence-electron chi connectivity index (χ4n) is 4.93. The second kappa shape index (κ2) is 9.17. The summed E-state index contributed by atoms with van der Waals surface area (Å²) in [6, 6.07) is 2.66. The first kappa shape index (κ1) is 23.9. The molecule has 1 aromatic heterocycles. The smallest absolute Gasteiger partial charge is 0.276 e. The first-order valence-electron chi connectivity index (χ1n) is 11.4. The van der Waals surface area contributed by atoms with Crippen LogP contribution in [0.1, 0.15) is 59.5 Å². The zero-order chi connectivity index (χ0) is 24.7. The maximum absolute atomic E-state index is 13.8. The van der Waals surface area contributed by atoms with E-state index in [1.807, 2.05) is 6.92 Å². The lowest BCUT2D eigenvalue weighted by molar-refractivity contribution is -0.0376. The molecule has 1 aliphatic carbocycles. The molecular formula is C24H27F2N3O5. The van der Waals surface area contributed by atoms with Gasteiger partial charge in [0, 0.05) is 30.4 Å². The van der Waals surface area contributed by atoms with Gasteiger partial charge in [-0.2, -0.15) is 0 Å². The van der Waals surface area contributed by atoms with Gasteiger partial charge >= 0.3 is 0 Å². The molecule has 4 atom stereocenters. The number of aromatic hydroxyl groups is 1. The van der Waals surface area contributed by atoms with E-state index in [0.29, 0.717) is 18.4 Å². The quantitative estimate of drug-likeness (QED) is 0.569. The molecule has 1 aliphatic heterocycles. The normalized spacial score (nSPS) is 22.3. The van der Waals surface area contributed by atoms with Crippen molar-refractivity contribution < 1.29 is 28.6 Å². The molecule has 2 aromatic rings. The highest BCUT2D eigenvalue weighted by molar-refractivity contribution is 5.99. The number of aliphatic hydroxyl groups excluding tert-OH is 1. The van der Waals surface area contributed by atoms with Gasteiger partial charge in [-0.1, -0.05) is 26.3 Å². The molecule has 0 spiro atoms. The van der Waals surface area contributed by atoms with Crippen molar-refractivity contribution in [2.75, 3.05) is 0 Å². The lowest BCUT2D eigenvalue weighted by Crippen LogP contribution is -2.54. The highest BCUT2D eigenvalue weighted by Gasteiger charge is 2.48. The van der Waals surface area contributed by atoms with E-state index < -0.39 is 46.4 Å². The van der Waals surface area contributed by atoms with E-state index in [9.17, 15) is 33.4 Å². The number of fused-ring (bicyclic) bond motifs is 1. The number of nitrogens with one attached hydrogen (secondary N) is 1. The topological polar surface area (TPSA) is 112 Å². The summed E-state index contributed by atoms with van der Waals surface area (Å²) in [6.07, 6.45) is 2.47. The van der Waals surface area contributed by atoms with Crippen LogP contribution in [0.25, 0.3) is 0 Å². The average Bonchev–Trinajstić information content (AvgIpc) is 3.57. The van der Waals surface area contributed by atoms with Crippen LogP contribution in [0.5, 0.6) is 5.75 Å². The van der Waals surface area contributed by atoms with E-state index >= 15 is 0 Å². The average molecular weight is 475 g/mol. The first-order valence-corrected chi connectivity index (χ1v) is 11.4. The SMILES string of the molecule is CCC1CC1C(CC)N1C(=O)c2c(O)c(=O)c(C(=O)NCc3ccc(F)cc3F)cn2CC1O. The molecule has 8 nitrogen and oxygen atoms in total. The third kappa shape index (κ3) is 4.18. The Kier molecular flexibility index (Phi) is 6.44. The molecule has 3 N–H and O–H groups in total. The number of aromatic nitrogens is 1. The standard InChI is InChI=1S/C24H27F2N3O5/c1-3-12-7-15(12)18(4-2)29-19(30)11-28-10-16(21(31)22(32)20(28)24(29)34)23(33)27-9-13-5-6-14(25)8-17(13)26/h5-6,8,10,12,15,18-19,30,32H,3-4,7,9,11H2,1-2H3,(H,27,33). The number of rotatable bonds is 7. The number of carbonyl (C=O) groups is 2. The molecule has 2 heterocycles. The van der Waals surface area contributed by atoms with Crippen LogP contribution in [0, 0.1) is 23.5 Å². The van der Waals surface area contributed by atoms with Gasteiger partial charge in [0.2, 0.25) is 5.43 Å². The van der Waals surface area contributed by atoms with Gasteiger partial charge in [-0.3, -0.25) is 14.4 Å². The van der Waals surface area contributed by atoms with Gasteiger partial charge in [0.05, 0.1) is 6.54 Å². The van der Waals surface area contributed by atoms with Crippen molar-refractivity contribution >= 4 is 11.8 Å². The van der Waals surface area contributed by atoms with Crippen molar-refractivity contribution in [3.63, 3.8) is 0 Å². The number of hydrogen-bond donors (Lipinski definition) is 3. The number of nitrogens with zero attached hydrogens (tertiary/aromatic N) is 2. The number of hydrogen-bond acceptors (Lipinski definition) is 5. The Bertz CT molecular complexity index is 1200. The number of carbonyl (C=O) groups excluding carboxylic acids is 2. The molecule has 2 amide bonds. The molecule has 1 fully saturated rings. The van der Waals surface area contributed by atoms with Gasteiger partial charge in [-0.25, -0.2) is 8.78 Å². The van der Waals surface area contributed by atoms with Crippen molar-refractivity contribution in [1.82, 2.24) is 14.8 Å². The Morgan fingerprint density at radius 3 is 2.62 bits per heavy atom. The summed E-state index contributed by atoms with van der Waals surface area (Å²) in [4.78, 5) is 40.0. The highest BCUT2D eigenvalue weighted by atomic mass is 19.1. The third-order valence-electron chi connectivity index (χ3n) is 6.84. The summed E-state index contributed by atoms with van der Waals surface area (Å²) in [6.45, 7) is 3.56. The zero-order valence-corrected chi connectivity index (χ0v) is 18.9. The summed E-state index contributed by atoms with van der Waals surface area (Å²) < 4.78 is 28.1. The fraction of sp³-hybridized carbons (Fsp3) is 0.458. The second-order valence-electron chi connectivity index (χ2n) is 8.88. The lowest BCUT2D eigenvalue weighted by Gasteiger charge is -2.40. The number of halogens is 2. The molecule has 34 heavy (non-hydrogen) atoms. The van der Waals surface area contributed by atoms with Gasteiger partial charge in [-0.05, 0) is 30.7 Å². The molecule has 0 bridgehead atoms. The monoisotopic (exact) mass is 475 g/mol. The molecule has 1 saturated carbocycles. The molecule has 2 aliphatic rings. The summed E-state index contributed by atoms with van der Waals surface area (Å²) in [5.74, 6) is -3.34. The minimum atomic E-state index is -1.19. The van der Waals surface area contributed by atoms with Gasteiger partial charge in [0.15, 0.2) is 11.4 Å². The van der Waals surface area contributed by atoms with Crippen LogP contribution in [0.3, 0.4) is 0 Å². The van der Waals surface area contributed by atoms with E-state index in [-0.39, 0.29) is 36.3 Å². The van der Waals surface area contributed by atoms with Crippen LogP contribution in [-0.4, -0.2) is 43.8 Å². The molecule has 10 heteroatoms. The predicted molar refractivity (Wildman–Crippen MR) is 118 cm³/mol. The molecule has 1 aromatic carbocycles. The van der Waals surface area contributed by atoms with Gasteiger partial charge in [0.25, 0.3) is 11.8 Å². The summed E-state index contributed by atoms with van der Waals surface area (Å²) in [7, 11) is 0. The molecule has 0 saturated heterocycles. The summed E-state index contributed by atoms with van der Waals surface area (Å²) in [5.41, 5.74) is -1.77. The zero-order valence-electron chi connectivity index (χ0n) is 18.9. The van der Waals surface area contributed by atoms with Crippen molar-refractivity contribution in [2.24, 2.45) is 11.8 Å². The van der Waals surface area contributed by atoms with E-state index in [0.717, 1.165) is 25.1 Å². The van der Waals surface area contributed by atoms with Crippen LogP contribution in [0.2, 0.25) is 0 Å². The third-order valence-corrected chi connectivity index (χ3v) is 6.84. The molecule has 4 unspecified atom stereocenters. The van der Waals surface area contributed by atoms with Crippen molar-refractivity contribution in [1.29, 1.82) is 0 Å². The minimum Gasteiger partial charge on any atom is -0.503 e. The van der Waals surface area contributed by atoms with E-state index in [1.54, 1.807) is 0 Å². The Morgan fingerprint density at radius 1 is 1.26 bits per heavy atom. The fourth-order valence-corrected chi connectivity index (χ4v) is 4.93. The van der Waals surface area contributed by atoms with E-state index in [1.165, 1.54) is 15.5 Å². The maximum Gasteiger partial charge on any atom is 0.276 e. The second-order valence-corrected chi connectivity index (χ2v) is 8.88. The first-order chi connectivity index (χ1) is 16.2. The number of benzene rings is 1. The molecule has 0 radical (unpaired) electrons. The molecule has 4 rings (SSSR count). The molecular weight excluding hydrogens is 448 g/mol. The van der Waals surface area contributed by atoms with Crippen LogP contribution in [0.4, 0.5) is 8.78 Å². The Hall–Kier alpha value is -3.27. The Morgan fingerprint density at radius 2 is 2.00 bits per heavy atom.